The van der Waals surface area contributed by atoms with Crippen LogP contribution in [0.1, 0.15) is 24.0 Å². The Morgan fingerprint density at radius 2 is 1.21 bits per heavy atom. The minimum Gasteiger partial charge on any atom is -0.493 e. The quantitative estimate of drug-likeness (QED) is 0.690. The average molecular weight is 392 g/mol. The van der Waals surface area contributed by atoms with Crippen LogP contribution >= 0.6 is 0 Å². The van der Waals surface area contributed by atoms with Crippen LogP contribution in [0.15, 0.2) is 30.0 Å². The molecule has 5 nitrogen and oxygen atoms in total. The summed E-state index contributed by atoms with van der Waals surface area (Å²) in [4.78, 5) is 1.58. The summed E-state index contributed by atoms with van der Waals surface area (Å²) in [6.45, 7) is 2.20. The maximum absolute atomic E-state index is 5.62. The van der Waals surface area contributed by atoms with Crippen molar-refractivity contribution in [1.29, 1.82) is 0 Å². The van der Waals surface area contributed by atoms with Crippen LogP contribution < -0.4 is 23.8 Å². The standard InChI is InChI=1S/C24H25NO4/c1-26-21-9-16-15-8-14-6-5-7-25(14)13-20(15)19-12-24(29-4)23(28-3)11-18(19)17(16)10-22(21)27-2/h8-12H,5-7,13H2,1-4H3/p+1. The van der Waals surface area contributed by atoms with Gasteiger partial charge in [-0.3, -0.25) is 0 Å². The zero-order chi connectivity index (χ0) is 20.1. The molecule has 29 heavy (non-hydrogen) atoms. The van der Waals surface area contributed by atoms with Crippen LogP contribution in [0.5, 0.6) is 23.0 Å². The molecule has 0 saturated carbocycles. The third-order valence-electron chi connectivity index (χ3n) is 6.37. The number of fused-ring (bicyclic) bond motifs is 7. The molecule has 3 aromatic carbocycles. The molecule has 1 saturated heterocycles. The number of rotatable bonds is 4. The van der Waals surface area contributed by atoms with Gasteiger partial charge >= 0.3 is 0 Å². The number of hydrogen-bond donors (Lipinski definition) is 1. The molecule has 2 heterocycles. The summed E-state index contributed by atoms with van der Waals surface area (Å²) in [5.74, 6) is 2.97. The molecule has 5 heteroatoms. The molecule has 1 N–H and O–H groups in total. The van der Waals surface area contributed by atoms with Crippen LogP contribution in [0, 0.1) is 0 Å². The van der Waals surface area contributed by atoms with Crippen molar-refractivity contribution in [3.63, 3.8) is 0 Å². The van der Waals surface area contributed by atoms with Gasteiger partial charge in [0, 0.05) is 24.5 Å². The number of methoxy groups -OCH3 is 4. The van der Waals surface area contributed by atoms with Gasteiger partial charge in [-0.2, -0.15) is 0 Å². The predicted octanol–water partition coefficient (Wildman–Crippen LogP) is 3.56. The fraction of sp³-hybridized carbons (Fsp3) is 0.333. The van der Waals surface area contributed by atoms with Gasteiger partial charge < -0.3 is 23.8 Å². The summed E-state index contributed by atoms with van der Waals surface area (Å²) in [6.07, 6.45) is 4.82. The fourth-order valence-electron chi connectivity index (χ4n) is 4.93. The molecule has 2 aliphatic heterocycles. The van der Waals surface area contributed by atoms with Gasteiger partial charge in [-0.05, 0) is 51.4 Å². The van der Waals surface area contributed by atoms with Crippen molar-refractivity contribution in [3.8, 4) is 23.0 Å². The maximum Gasteiger partial charge on any atom is 0.161 e. The lowest BCUT2D eigenvalue weighted by Gasteiger charge is -2.25. The lowest BCUT2D eigenvalue weighted by molar-refractivity contribution is -0.865. The zero-order valence-corrected chi connectivity index (χ0v) is 17.3. The topological polar surface area (TPSA) is 41.4 Å². The second-order valence-corrected chi connectivity index (χ2v) is 7.70. The first kappa shape index (κ1) is 18.1. The molecular formula is C24H26NO4+. The third-order valence-corrected chi connectivity index (χ3v) is 6.37. The summed E-state index contributed by atoms with van der Waals surface area (Å²) in [6, 6.07) is 8.40. The van der Waals surface area contributed by atoms with Crippen molar-refractivity contribution in [3.05, 3.63) is 41.1 Å². The van der Waals surface area contributed by atoms with E-state index in [0.717, 1.165) is 40.3 Å². The van der Waals surface area contributed by atoms with Gasteiger partial charge in [0.05, 0.1) is 35.0 Å². The molecule has 1 atom stereocenters. The lowest BCUT2D eigenvalue weighted by atomic mass is 9.88. The molecule has 1 fully saturated rings. The van der Waals surface area contributed by atoms with Crippen LogP contribution in [0.25, 0.3) is 27.6 Å². The van der Waals surface area contributed by atoms with E-state index < -0.39 is 0 Å². The molecule has 3 aromatic rings. The zero-order valence-electron chi connectivity index (χ0n) is 17.3. The van der Waals surface area contributed by atoms with E-state index in [1.165, 1.54) is 47.0 Å². The number of ether oxygens (including phenoxy) is 4. The molecule has 0 spiro atoms. The van der Waals surface area contributed by atoms with Gasteiger partial charge in [0.1, 0.15) is 12.2 Å². The second kappa shape index (κ2) is 6.85. The van der Waals surface area contributed by atoms with Crippen molar-refractivity contribution in [2.24, 2.45) is 0 Å². The first-order valence-electron chi connectivity index (χ1n) is 10.0. The maximum atomic E-state index is 5.62. The van der Waals surface area contributed by atoms with E-state index in [2.05, 4.69) is 30.3 Å². The smallest absolute Gasteiger partial charge is 0.161 e. The van der Waals surface area contributed by atoms with Crippen LogP contribution in [-0.4, -0.2) is 35.0 Å². The van der Waals surface area contributed by atoms with E-state index in [4.69, 9.17) is 18.9 Å². The van der Waals surface area contributed by atoms with Crippen molar-refractivity contribution in [2.45, 2.75) is 19.4 Å². The van der Waals surface area contributed by atoms with E-state index in [9.17, 15) is 0 Å². The van der Waals surface area contributed by atoms with Gasteiger partial charge in [0.25, 0.3) is 0 Å². The van der Waals surface area contributed by atoms with Crippen LogP contribution in [0.2, 0.25) is 0 Å². The van der Waals surface area contributed by atoms with Crippen molar-refractivity contribution >= 4 is 27.6 Å². The summed E-state index contributed by atoms with van der Waals surface area (Å²) < 4.78 is 22.5. The molecule has 150 valence electrons. The number of benzene rings is 3. The van der Waals surface area contributed by atoms with Gasteiger partial charge in [-0.25, -0.2) is 0 Å². The van der Waals surface area contributed by atoms with Crippen molar-refractivity contribution in [1.82, 2.24) is 0 Å². The Kier molecular flexibility index (Phi) is 4.28. The Balaban J connectivity index is 1.94. The second-order valence-electron chi connectivity index (χ2n) is 7.70. The Hall–Kier alpha value is -2.92. The average Bonchev–Trinajstić information content (AvgIpc) is 3.23. The number of allylic oxidation sites excluding steroid dienone is 1. The van der Waals surface area contributed by atoms with Gasteiger partial charge in [0.2, 0.25) is 0 Å². The molecule has 0 bridgehead atoms. The molecule has 0 radical (unpaired) electrons. The van der Waals surface area contributed by atoms with Crippen molar-refractivity contribution in [2.75, 3.05) is 35.0 Å². The number of hydrogen-bond acceptors (Lipinski definition) is 4. The van der Waals surface area contributed by atoms with Crippen LogP contribution in [0.3, 0.4) is 0 Å². The molecular weight excluding hydrogens is 366 g/mol. The van der Waals surface area contributed by atoms with Gasteiger partial charge in [-0.1, -0.05) is 0 Å². The first-order chi connectivity index (χ1) is 14.2. The van der Waals surface area contributed by atoms with E-state index in [1.807, 2.05) is 0 Å². The predicted molar refractivity (Wildman–Crippen MR) is 114 cm³/mol. The first-order valence-corrected chi connectivity index (χ1v) is 10.0. The SMILES string of the molecule is COc1cc2c3c(c4cc(OC)c(OC)cc4c2cc1OC)C[NH+]1CCCC1=C3. The number of nitrogens with one attached hydrogen (secondary N) is 1. The summed E-state index contributed by atoms with van der Waals surface area (Å²) in [5.41, 5.74) is 4.16. The van der Waals surface area contributed by atoms with Crippen LogP contribution in [-0.2, 0) is 6.54 Å². The van der Waals surface area contributed by atoms with E-state index >= 15 is 0 Å². The van der Waals surface area contributed by atoms with Crippen molar-refractivity contribution < 1.29 is 23.8 Å². The van der Waals surface area contributed by atoms with Crippen LogP contribution in [0.4, 0.5) is 0 Å². The number of quaternary nitrogens is 1. The summed E-state index contributed by atoms with van der Waals surface area (Å²) >= 11 is 0. The highest BCUT2D eigenvalue weighted by molar-refractivity contribution is 6.14. The normalized spacial score (nSPS) is 17.7. The van der Waals surface area contributed by atoms with E-state index in [1.54, 1.807) is 33.3 Å². The third kappa shape index (κ3) is 2.64. The van der Waals surface area contributed by atoms with E-state index in [0.29, 0.717) is 0 Å². The highest BCUT2D eigenvalue weighted by Gasteiger charge is 2.31. The minimum atomic E-state index is 0.729. The Bertz CT molecular complexity index is 1170. The Morgan fingerprint density at radius 3 is 1.79 bits per heavy atom. The monoisotopic (exact) mass is 392 g/mol. The van der Waals surface area contributed by atoms with E-state index in [-0.39, 0.29) is 0 Å². The molecule has 5 rings (SSSR count). The molecule has 1 unspecified atom stereocenters. The van der Waals surface area contributed by atoms with Gasteiger partial charge in [-0.15, -0.1) is 0 Å². The highest BCUT2D eigenvalue weighted by Crippen LogP contribution is 2.44. The summed E-state index contributed by atoms with van der Waals surface area (Å²) in [7, 11) is 6.73. The minimum absolute atomic E-state index is 0.729. The molecule has 2 aliphatic rings. The summed E-state index contributed by atoms with van der Waals surface area (Å²) in [5, 5.41) is 4.69. The lowest BCUT2D eigenvalue weighted by Crippen LogP contribution is -3.07. The fourth-order valence-corrected chi connectivity index (χ4v) is 4.93. The molecule has 0 amide bonds. The Morgan fingerprint density at radius 1 is 0.690 bits per heavy atom. The van der Waals surface area contributed by atoms with Gasteiger partial charge in [0.15, 0.2) is 23.0 Å². The molecule has 0 aromatic heterocycles. The Labute approximate surface area is 170 Å². The highest BCUT2D eigenvalue weighted by atomic mass is 16.5. The largest absolute Gasteiger partial charge is 0.493 e. The molecule has 0 aliphatic carbocycles.